The molecule has 0 radical (unpaired) electrons. The van der Waals surface area contributed by atoms with Crippen LogP contribution >= 0.6 is 0 Å². The summed E-state index contributed by atoms with van der Waals surface area (Å²) in [6.07, 6.45) is 1.41. The van der Waals surface area contributed by atoms with Crippen molar-refractivity contribution in [3.05, 3.63) is 68.3 Å². The highest BCUT2D eigenvalue weighted by Gasteiger charge is 2.27. The molecule has 11 nitrogen and oxygen atoms in total. The molecule has 1 amide bonds. The number of rotatable bonds is 8. The van der Waals surface area contributed by atoms with Crippen LogP contribution in [0, 0.1) is 20.2 Å². The monoisotopic (exact) mass is 374 g/mol. The van der Waals surface area contributed by atoms with Gasteiger partial charge in [0.05, 0.1) is 35.3 Å². The molecule has 27 heavy (non-hydrogen) atoms. The number of hydrogen-bond acceptors (Lipinski definition) is 8. The van der Waals surface area contributed by atoms with Gasteiger partial charge in [-0.1, -0.05) is 30.3 Å². The number of amides is 1. The maximum Gasteiger partial charge on any atom is 0.321 e. The number of nitro groups is 2. The number of hydrazone groups is 1. The van der Waals surface area contributed by atoms with E-state index in [-0.39, 0.29) is 5.75 Å². The molecule has 11 heteroatoms. The van der Waals surface area contributed by atoms with Crippen LogP contribution in [0.3, 0.4) is 0 Å². The third-order valence-electron chi connectivity index (χ3n) is 3.20. The lowest BCUT2D eigenvalue weighted by atomic mass is 10.2. The number of carbonyl (C=O) groups excluding carboxylic acids is 1. The molecule has 0 aliphatic rings. The molecule has 0 aliphatic heterocycles. The van der Waals surface area contributed by atoms with Gasteiger partial charge >= 0.3 is 5.69 Å². The summed E-state index contributed by atoms with van der Waals surface area (Å²) in [5, 5.41) is 25.8. The molecular formula is C16H14N4O7. The van der Waals surface area contributed by atoms with Gasteiger partial charge < -0.3 is 9.47 Å². The Morgan fingerprint density at radius 2 is 1.89 bits per heavy atom. The highest BCUT2D eigenvalue weighted by atomic mass is 16.6. The molecule has 140 valence electrons. The van der Waals surface area contributed by atoms with Crippen LogP contribution in [0.2, 0.25) is 0 Å². The van der Waals surface area contributed by atoms with Crippen molar-refractivity contribution in [1.82, 2.24) is 5.43 Å². The van der Waals surface area contributed by atoms with Crippen molar-refractivity contribution in [2.45, 2.75) is 0 Å². The second-order valence-corrected chi connectivity index (χ2v) is 5.00. The molecule has 2 rings (SSSR count). The molecule has 0 fully saturated rings. The summed E-state index contributed by atoms with van der Waals surface area (Å²) in [6.45, 7) is -0.610. The summed E-state index contributed by atoms with van der Waals surface area (Å²) in [5.74, 6) is -1.32. The van der Waals surface area contributed by atoms with Crippen LogP contribution in [0.4, 0.5) is 11.4 Å². The predicted molar refractivity (Wildman–Crippen MR) is 94.0 cm³/mol. The van der Waals surface area contributed by atoms with Crippen LogP contribution < -0.4 is 14.9 Å². The number of nitrogens with zero attached hydrogens (tertiary/aromatic N) is 3. The Balaban J connectivity index is 2.09. The zero-order valence-corrected chi connectivity index (χ0v) is 14.0. The van der Waals surface area contributed by atoms with Crippen molar-refractivity contribution < 1.29 is 24.1 Å². The second kappa shape index (κ2) is 8.89. The minimum atomic E-state index is -0.865. The maximum atomic E-state index is 11.8. The van der Waals surface area contributed by atoms with Crippen molar-refractivity contribution in [3.63, 3.8) is 0 Å². The molecule has 0 saturated heterocycles. The van der Waals surface area contributed by atoms with Crippen LogP contribution in [0.15, 0.2) is 47.6 Å². The first-order valence-corrected chi connectivity index (χ1v) is 7.43. The number of nitro benzene ring substituents is 2. The summed E-state index contributed by atoms with van der Waals surface area (Å²) in [4.78, 5) is 32.2. The lowest BCUT2D eigenvalue weighted by Gasteiger charge is -2.10. The van der Waals surface area contributed by atoms with Crippen molar-refractivity contribution >= 4 is 23.5 Å². The van der Waals surface area contributed by atoms with E-state index in [0.29, 0.717) is 0 Å². The summed E-state index contributed by atoms with van der Waals surface area (Å²) in [6, 6.07) is 10.7. The van der Waals surface area contributed by atoms with E-state index in [0.717, 1.165) is 17.7 Å². The molecule has 1 N–H and O–H groups in total. The minimum absolute atomic E-state index is 0.239. The van der Waals surface area contributed by atoms with Crippen LogP contribution in [0.5, 0.6) is 11.5 Å². The van der Waals surface area contributed by atoms with E-state index in [4.69, 9.17) is 9.47 Å². The van der Waals surface area contributed by atoms with Gasteiger partial charge in [0.25, 0.3) is 11.6 Å². The average Bonchev–Trinajstić information content (AvgIpc) is 2.66. The second-order valence-electron chi connectivity index (χ2n) is 5.00. The molecule has 0 aliphatic carbocycles. The largest absolute Gasteiger partial charge is 0.492 e. The highest BCUT2D eigenvalue weighted by molar-refractivity contribution is 5.83. The average molecular weight is 374 g/mol. The van der Waals surface area contributed by atoms with Crippen LogP contribution in [0.1, 0.15) is 5.56 Å². The number of non-ortho nitro benzene ring substituents is 1. The first-order valence-electron chi connectivity index (χ1n) is 7.43. The molecule has 0 spiro atoms. The molecule has 0 saturated carbocycles. The standard InChI is InChI=1S/C16H14N4O7/c1-26-14-8-12(19(22)23)7-13(20(24)25)16(14)27-10-15(21)18-17-9-11-5-3-2-4-6-11/h2-9H,10H2,1H3,(H,18,21). The topological polar surface area (TPSA) is 146 Å². The van der Waals surface area contributed by atoms with Gasteiger partial charge in [0.1, 0.15) is 0 Å². The molecule has 0 heterocycles. The molecule has 2 aromatic carbocycles. The fraction of sp³-hybridized carbons (Fsp3) is 0.125. The molecule has 0 bridgehead atoms. The fourth-order valence-corrected chi connectivity index (χ4v) is 2.00. The van der Waals surface area contributed by atoms with E-state index >= 15 is 0 Å². The Morgan fingerprint density at radius 1 is 1.19 bits per heavy atom. The van der Waals surface area contributed by atoms with Crippen molar-refractivity contribution in [2.24, 2.45) is 5.10 Å². The Hall–Kier alpha value is -4.02. The Morgan fingerprint density at radius 3 is 2.48 bits per heavy atom. The summed E-state index contributed by atoms with van der Waals surface area (Å²) in [5.41, 5.74) is 1.73. The smallest absolute Gasteiger partial charge is 0.321 e. The maximum absolute atomic E-state index is 11.8. The van der Waals surface area contributed by atoms with Gasteiger partial charge in [0, 0.05) is 0 Å². The normalized spacial score (nSPS) is 10.4. The number of methoxy groups -OCH3 is 1. The lowest BCUT2D eigenvalue weighted by molar-refractivity contribution is -0.394. The number of ether oxygens (including phenoxy) is 2. The molecule has 0 aromatic heterocycles. The van der Waals surface area contributed by atoms with E-state index in [1.54, 1.807) is 24.3 Å². The van der Waals surface area contributed by atoms with Crippen LogP contribution in [-0.2, 0) is 4.79 Å². The summed E-state index contributed by atoms with van der Waals surface area (Å²) < 4.78 is 10.0. The summed E-state index contributed by atoms with van der Waals surface area (Å²) in [7, 11) is 1.17. The quantitative estimate of drug-likeness (QED) is 0.422. The molecule has 0 atom stereocenters. The predicted octanol–water partition coefficient (Wildman–Crippen LogP) is 2.04. The van der Waals surface area contributed by atoms with Crippen LogP contribution in [-0.4, -0.2) is 35.7 Å². The van der Waals surface area contributed by atoms with Crippen molar-refractivity contribution in [2.75, 3.05) is 13.7 Å². The number of hydrogen-bond donors (Lipinski definition) is 1. The first kappa shape index (κ1) is 19.3. The van der Waals surface area contributed by atoms with Gasteiger partial charge in [-0.3, -0.25) is 25.0 Å². The third kappa shape index (κ3) is 5.22. The Kier molecular flexibility index (Phi) is 6.36. The highest BCUT2D eigenvalue weighted by Crippen LogP contribution is 2.40. The van der Waals surface area contributed by atoms with E-state index in [1.165, 1.54) is 13.3 Å². The SMILES string of the molecule is COc1cc([N+](=O)[O-])cc([N+](=O)[O-])c1OCC(=O)NN=Cc1ccccc1. The number of carbonyl (C=O) groups is 1. The Bertz CT molecular complexity index is 884. The van der Waals surface area contributed by atoms with Gasteiger partial charge in [0.15, 0.2) is 12.4 Å². The summed E-state index contributed by atoms with van der Waals surface area (Å²) >= 11 is 0. The van der Waals surface area contributed by atoms with Crippen molar-refractivity contribution in [1.29, 1.82) is 0 Å². The van der Waals surface area contributed by atoms with E-state index in [9.17, 15) is 25.0 Å². The van der Waals surface area contributed by atoms with Gasteiger partial charge in [-0.15, -0.1) is 0 Å². The molecule has 2 aromatic rings. The van der Waals surface area contributed by atoms with Gasteiger partial charge in [-0.05, 0) is 5.56 Å². The zero-order chi connectivity index (χ0) is 19.8. The molecule has 0 unspecified atom stereocenters. The van der Waals surface area contributed by atoms with Crippen molar-refractivity contribution in [3.8, 4) is 11.5 Å². The van der Waals surface area contributed by atoms with E-state index in [2.05, 4.69) is 10.5 Å². The third-order valence-corrected chi connectivity index (χ3v) is 3.20. The molecular weight excluding hydrogens is 360 g/mol. The Labute approximate surface area is 152 Å². The van der Waals surface area contributed by atoms with Gasteiger partial charge in [-0.25, -0.2) is 5.43 Å². The zero-order valence-electron chi connectivity index (χ0n) is 14.0. The fourth-order valence-electron chi connectivity index (χ4n) is 2.00. The van der Waals surface area contributed by atoms with Gasteiger partial charge in [-0.2, -0.15) is 5.10 Å². The van der Waals surface area contributed by atoms with E-state index in [1.807, 2.05) is 6.07 Å². The number of nitrogens with one attached hydrogen (secondary N) is 1. The van der Waals surface area contributed by atoms with Gasteiger partial charge in [0.2, 0.25) is 5.75 Å². The first-order chi connectivity index (χ1) is 12.9. The van der Waals surface area contributed by atoms with E-state index < -0.39 is 39.5 Å². The van der Waals surface area contributed by atoms with Crippen LogP contribution in [0.25, 0.3) is 0 Å². The number of benzene rings is 2. The lowest BCUT2D eigenvalue weighted by Crippen LogP contribution is -2.25. The minimum Gasteiger partial charge on any atom is -0.492 e.